The molecule has 0 spiro atoms. The predicted octanol–water partition coefficient (Wildman–Crippen LogP) is 11.7. The molecule has 0 amide bonds. The molecule has 0 fully saturated rings. The van der Waals surface area contributed by atoms with Crippen LogP contribution in [0.15, 0.2) is 208 Å². The van der Waals surface area contributed by atoms with Crippen LogP contribution < -0.4 is 0 Å². The molecule has 11 rings (SSSR count). The van der Waals surface area contributed by atoms with Crippen LogP contribution >= 0.6 is 19.4 Å². The molecule has 10 nitrogen and oxygen atoms in total. The number of fused-ring (bicyclic) bond motifs is 6. The molecule has 307 valence electrons. The molecule has 0 bridgehead atoms. The van der Waals surface area contributed by atoms with E-state index in [4.69, 9.17) is 19.4 Å². The molecule has 2 aromatic carbocycles. The molecule has 0 saturated carbocycles. The van der Waals surface area contributed by atoms with E-state index in [0.717, 1.165) is 77.8 Å². The van der Waals surface area contributed by atoms with Crippen LogP contribution in [-0.4, -0.2) is 49.8 Å². The minimum absolute atomic E-state index is 0. The summed E-state index contributed by atoms with van der Waals surface area (Å²) in [4.78, 5) is 43.1. The van der Waals surface area contributed by atoms with E-state index in [9.17, 15) is 0 Å². The molecular weight excluding hydrogens is 991 g/mol. The summed E-state index contributed by atoms with van der Waals surface area (Å²) in [7, 11) is 9.67. The molecule has 9 aromatic heterocycles. The number of nitrogens with zero attached hydrogens (tertiary/aromatic N) is 10. The maximum atomic E-state index is 4.83. The molecule has 0 unspecified atom stereocenters. The van der Waals surface area contributed by atoms with Crippen molar-refractivity contribution in [2.75, 3.05) is 0 Å². The van der Waals surface area contributed by atoms with Crippen LogP contribution in [0.1, 0.15) is 0 Å². The fourth-order valence-electron chi connectivity index (χ4n) is 6.11. The zero-order valence-electron chi connectivity index (χ0n) is 32.5. The van der Waals surface area contributed by atoms with Gasteiger partial charge in [0.1, 0.15) is 11.4 Å². The van der Waals surface area contributed by atoms with Gasteiger partial charge in [-0.15, -0.1) is 0 Å². The number of aromatic nitrogens is 10. The smallest absolute Gasteiger partial charge is 0.116 e. The zero-order valence-corrected chi connectivity index (χ0v) is 37.4. The zero-order chi connectivity index (χ0) is 41.9. The van der Waals surface area contributed by atoms with E-state index in [-0.39, 0.29) is 34.6 Å². The van der Waals surface area contributed by atoms with Gasteiger partial charge in [-0.25, -0.2) is 0 Å². The topological polar surface area (TPSA) is 129 Å². The normalized spacial score (nSPS) is 10.1. The summed E-state index contributed by atoms with van der Waals surface area (Å²) in [6, 6.07) is 47.3. The Kier molecular flexibility index (Phi) is 17.6. The van der Waals surface area contributed by atoms with Crippen LogP contribution in [-0.2, 0) is 34.6 Å². The van der Waals surface area contributed by atoms with Crippen molar-refractivity contribution < 1.29 is 34.6 Å². The second-order valence-electron chi connectivity index (χ2n) is 12.6. The standard InChI is InChI=1S/C14H10N4.2C12H8N2.C10H8N2.2ClH.Rh.Ru/c1-3-7-15-11(5-1)13-14(18-10-9-17-13)12-6-2-4-8-16-12;2*1-3-9-5-6-10-4-2-8-14-12(10)11(9)13-7-1;1-3-7-11-9(5-1)10-6-2-4-8-12-10;;;;/h1-10H;2*1-8H;1-8H;2*1H;;/q;;;;;;+2;/p-2. The number of hydrogen-bond donors (Lipinski definition) is 0. The van der Waals surface area contributed by atoms with Gasteiger partial charge in [0.25, 0.3) is 0 Å². The fourth-order valence-corrected chi connectivity index (χ4v) is 6.11. The monoisotopic (exact) mass is 1030 g/mol. The summed E-state index contributed by atoms with van der Waals surface area (Å²) >= 11 is -0.226. The van der Waals surface area contributed by atoms with E-state index in [1.807, 2.05) is 97.1 Å². The van der Waals surface area contributed by atoms with Gasteiger partial charge >= 0.3 is 34.5 Å². The third-order valence-corrected chi connectivity index (χ3v) is 8.79. The molecular formula is C48H34Cl2N10RhRu. The van der Waals surface area contributed by atoms with Gasteiger partial charge in [-0.3, -0.25) is 49.8 Å². The van der Waals surface area contributed by atoms with Gasteiger partial charge in [0, 0.05) is 103 Å². The Morgan fingerprint density at radius 3 is 0.774 bits per heavy atom. The first-order valence-electron chi connectivity index (χ1n) is 18.7. The number of pyridine rings is 8. The Hall–Kier alpha value is -6.41. The van der Waals surface area contributed by atoms with Gasteiger partial charge in [-0.1, -0.05) is 72.8 Å². The number of halogens is 2. The van der Waals surface area contributed by atoms with Crippen LogP contribution in [0.3, 0.4) is 0 Å². The van der Waals surface area contributed by atoms with Crippen molar-refractivity contribution in [1.82, 2.24) is 49.8 Å². The van der Waals surface area contributed by atoms with Crippen LogP contribution in [0.4, 0.5) is 0 Å². The summed E-state index contributed by atoms with van der Waals surface area (Å²) in [6.07, 6.45) is 17.6. The Bertz CT molecular complexity index is 2740. The quantitative estimate of drug-likeness (QED) is 0.125. The van der Waals surface area contributed by atoms with E-state index in [0.29, 0.717) is 0 Å². The van der Waals surface area contributed by atoms with Crippen molar-refractivity contribution in [3.05, 3.63) is 208 Å². The molecule has 11 aromatic rings. The molecule has 0 saturated heterocycles. The molecule has 62 heavy (non-hydrogen) atoms. The van der Waals surface area contributed by atoms with Crippen LogP contribution in [0.25, 0.3) is 77.8 Å². The van der Waals surface area contributed by atoms with Gasteiger partial charge in [-0.05, 0) is 72.8 Å². The molecule has 0 aliphatic carbocycles. The average Bonchev–Trinajstić information content (AvgIpc) is 3.36. The summed E-state index contributed by atoms with van der Waals surface area (Å²) in [5.74, 6) is 0. The van der Waals surface area contributed by atoms with E-state index >= 15 is 0 Å². The first-order valence-corrected chi connectivity index (χ1v) is 22.9. The van der Waals surface area contributed by atoms with Crippen molar-refractivity contribution in [3.63, 3.8) is 0 Å². The summed E-state index contributed by atoms with van der Waals surface area (Å²) < 4.78 is 0. The maximum absolute atomic E-state index is 4.83. The van der Waals surface area contributed by atoms with Gasteiger partial charge in [0.05, 0.1) is 44.8 Å². The number of hydrogen-bond acceptors (Lipinski definition) is 10. The minimum atomic E-state index is -0.226. The molecule has 0 N–H and O–H groups in total. The number of benzene rings is 2. The van der Waals surface area contributed by atoms with Gasteiger partial charge in [0.2, 0.25) is 0 Å². The molecule has 9 heterocycles. The second-order valence-corrected chi connectivity index (χ2v) is 15.1. The maximum Gasteiger partial charge on any atom is 0.116 e. The molecule has 0 atom stereocenters. The van der Waals surface area contributed by atoms with Crippen molar-refractivity contribution >= 4 is 63.0 Å². The molecule has 0 aliphatic rings. The summed E-state index contributed by atoms with van der Waals surface area (Å²) in [5.41, 5.74) is 8.83. The molecule has 0 radical (unpaired) electrons. The Balaban J connectivity index is 0.000000135. The van der Waals surface area contributed by atoms with Crippen molar-refractivity contribution in [2.24, 2.45) is 0 Å². The van der Waals surface area contributed by atoms with E-state index in [2.05, 4.69) is 98.4 Å². The van der Waals surface area contributed by atoms with Crippen molar-refractivity contribution in [1.29, 1.82) is 0 Å². The minimum Gasteiger partial charge on any atom is -0.255 e. The predicted molar refractivity (Wildman–Crippen MR) is 242 cm³/mol. The first-order chi connectivity index (χ1) is 30.2. The Labute approximate surface area is 386 Å². The SMILES string of the molecule is [Cl][Rh][Cl].[Ru].c1ccc(-c2ccccn2)nc1.c1ccc(-c2nccnc2-c2ccccn2)nc1.c1cnc2c(c1)ccc1cccnc12.c1cnc2c(c1)ccc1cccnc12. The fraction of sp³-hybridized carbons (Fsp3) is 0. The largest absolute Gasteiger partial charge is 0.255 e. The van der Waals surface area contributed by atoms with Gasteiger partial charge in [0.15, 0.2) is 0 Å². The van der Waals surface area contributed by atoms with Crippen molar-refractivity contribution in [3.8, 4) is 34.2 Å². The van der Waals surface area contributed by atoms with E-state index in [1.54, 1.807) is 62.0 Å². The molecule has 14 heteroatoms. The van der Waals surface area contributed by atoms with E-state index < -0.39 is 0 Å². The van der Waals surface area contributed by atoms with Crippen LogP contribution in [0, 0.1) is 0 Å². The number of rotatable bonds is 3. The summed E-state index contributed by atoms with van der Waals surface area (Å²) in [6.45, 7) is 0. The average molecular weight is 1030 g/mol. The Morgan fingerprint density at radius 2 is 0.516 bits per heavy atom. The van der Waals surface area contributed by atoms with Gasteiger partial charge < -0.3 is 0 Å². The second kappa shape index (κ2) is 24.1. The third-order valence-electron chi connectivity index (χ3n) is 8.79. The third kappa shape index (κ3) is 12.1. The van der Waals surface area contributed by atoms with Crippen LogP contribution in [0.2, 0.25) is 0 Å². The first kappa shape index (κ1) is 45.1. The van der Waals surface area contributed by atoms with Gasteiger partial charge in [-0.2, -0.15) is 0 Å². The van der Waals surface area contributed by atoms with E-state index in [1.165, 1.54) is 0 Å². The molecule has 0 aliphatic heterocycles. The van der Waals surface area contributed by atoms with Crippen LogP contribution in [0.5, 0.6) is 0 Å². The van der Waals surface area contributed by atoms with Crippen molar-refractivity contribution in [2.45, 2.75) is 0 Å². The Morgan fingerprint density at radius 1 is 0.258 bits per heavy atom. The summed E-state index contributed by atoms with van der Waals surface area (Å²) in [5, 5.41) is 4.55.